The first kappa shape index (κ1) is 13.5. The summed E-state index contributed by atoms with van der Waals surface area (Å²) in [5.41, 5.74) is 4.10. The van der Waals surface area contributed by atoms with Crippen molar-refractivity contribution in [3.05, 3.63) is 35.9 Å². The lowest BCUT2D eigenvalue weighted by Crippen LogP contribution is -2.47. The van der Waals surface area contributed by atoms with E-state index in [4.69, 9.17) is 15.3 Å². The molecule has 1 fully saturated rings. The van der Waals surface area contributed by atoms with Crippen molar-refractivity contribution in [1.82, 2.24) is 5.43 Å². The maximum atomic E-state index is 5.75. The number of ether oxygens (including phenoxy) is 2. The Bertz CT molecular complexity index is 339. The molecule has 4 nitrogen and oxygen atoms in total. The van der Waals surface area contributed by atoms with Crippen molar-refractivity contribution in [3.63, 3.8) is 0 Å². The molecule has 1 aliphatic rings. The Morgan fingerprint density at radius 2 is 1.94 bits per heavy atom. The molecule has 0 aliphatic carbocycles. The van der Waals surface area contributed by atoms with E-state index in [9.17, 15) is 0 Å². The third kappa shape index (κ3) is 3.09. The fourth-order valence-electron chi connectivity index (χ4n) is 2.68. The summed E-state index contributed by atoms with van der Waals surface area (Å²) in [7, 11) is 1.74. The van der Waals surface area contributed by atoms with Gasteiger partial charge in [0.1, 0.15) is 0 Å². The van der Waals surface area contributed by atoms with Crippen LogP contribution in [0.2, 0.25) is 0 Å². The van der Waals surface area contributed by atoms with Crippen LogP contribution in [0.1, 0.15) is 24.5 Å². The molecule has 3 N–H and O–H groups in total. The van der Waals surface area contributed by atoms with Crippen LogP contribution in [0.3, 0.4) is 0 Å². The summed E-state index contributed by atoms with van der Waals surface area (Å²) in [6.07, 6.45) is 2.04. The minimum atomic E-state index is -0.0145. The predicted octanol–water partition coefficient (Wildman–Crippen LogP) is 1.63. The van der Waals surface area contributed by atoms with Crippen LogP contribution in [-0.2, 0) is 9.47 Å². The zero-order valence-corrected chi connectivity index (χ0v) is 10.8. The molecule has 2 unspecified atom stereocenters. The van der Waals surface area contributed by atoms with Crippen LogP contribution in [0.15, 0.2) is 30.3 Å². The van der Waals surface area contributed by atoms with Gasteiger partial charge in [0.2, 0.25) is 0 Å². The van der Waals surface area contributed by atoms with E-state index in [2.05, 4.69) is 17.6 Å². The van der Waals surface area contributed by atoms with E-state index in [0.29, 0.717) is 5.92 Å². The number of hydrazine groups is 1. The highest BCUT2D eigenvalue weighted by molar-refractivity contribution is 5.19. The van der Waals surface area contributed by atoms with Crippen LogP contribution in [0, 0.1) is 5.92 Å². The second-order valence-corrected chi connectivity index (χ2v) is 4.71. The summed E-state index contributed by atoms with van der Waals surface area (Å²) >= 11 is 0. The monoisotopic (exact) mass is 250 g/mol. The minimum Gasteiger partial charge on any atom is -0.381 e. The molecule has 2 rings (SSSR count). The highest BCUT2D eigenvalue weighted by Crippen LogP contribution is 2.29. The quantitative estimate of drug-likeness (QED) is 0.616. The number of hydrogen-bond donors (Lipinski definition) is 2. The molecule has 0 aromatic heterocycles. The van der Waals surface area contributed by atoms with Gasteiger partial charge in [-0.2, -0.15) is 0 Å². The standard InChI is InChI=1S/C14H22N2O2/c1-17-14(12-5-3-2-4-6-12)13(16-15)11-7-9-18-10-8-11/h2-6,11,13-14,16H,7-10,15H2,1H3. The van der Waals surface area contributed by atoms with Gasteiger partial charge in [-0.3, -0.25) is 11.3 Å². The normalized spacial score (nSPS) is 20.6. The van der Waals surface area contributed by atoms with Crippen LogP contribution in [0.4, 0.5) is 0 Å². The van der Waals surface area contributed by atoms with Crippen LogP contribution in [0.25, 0.3) is 0 Å². The molecule has 1 aromatic carbocycles. The number of benzene rings is 1. The van der Waals surface area contributed by atoms with Gasteiger partial charge < -0.3 is 9.47 Å². The van der Waals surface area contributed by atoms with E-state index in [0.717, 1.165) is 31.6 Å². The maximum Gasteiger partial charge on any atom is 0.0990 e. The van der Waals surface area contributed by atoms with E-state index in [-0.39, 0.29) is 12.1 Å². The van der Waals surface area contributed by atoms with Gasteiger partial charge in [0.15, 0.2) is 0 Å². The van der Waals surface area contributed by atoms with E-state index >= 15 is 0 Å². The van der Waals surface area contributed by atoms with Gasteiger partial charge >= 0.3 is 0 Å². The molecule has 2 atom stereocenters. The van der Waals surface area contributed by atoms with Crippen molar-refractivity contribution < 1.29 is 9.47 Å². The van der Waals surface area contributed by atoms with Crippen LogP contribution >= 0.6 is 0 Å². The predicted molar refractivity (Wildman–Crippen MR) is 70.8 cm³/mol. The van der Waals surface area contributed by atoms with Crippen molar-refractivity contribution in [2.24, 2.45) is 11.8 Å². The lowest BCUT2D eigenvalue weighted by molar-refractivity contribution is 0.00240. The molecule has 0 radical (unpaired) electrons. The first-order chi connectivity index (χ1) is 8.86. The maximum absolute atomic E-state index is 5.75. The first-order valence-corrected chi connectivity index (χ1v) is 6.48. The zero-order valence-electron chi connectivity index (χ0n) is 10.8. The molecular weight excluding hydrogens is 228 g/mol. The Balaban J connectivity index is 2.13. The lowest BCUT2D eigenvalue weighted by Gasteiger charge is -2.34. The number of rotatable bonds is 5. The molecular formula is C14H22N2O2. The molecule has 1 aliphatic heterocycles. The molecule has 100 valence electrons. The van der Waals surface area contributed by atoms with Crippen molar-refractivity contribution in [2.45, 2.75) is 25.0 Å². The van der Waals surface area contributed by atoms with Crippen LogP contribution in [-0.4, -0.2) is 26.4 Å². The van der Waals surface area contributed by atoms with Gasteiger partial charge in [-0.1, -0.05) is 30.3 Å². The summed E-state index contributed by atoms with van der Waals surface area (Å²) in [5.74, 6) is 6.24. The fraction of sp³-hybridized carbons (Fsp3) is 0.571. The van der Waals surface area contributed by atoms with Crippen molar-refractivity contribution in [1.29, 1.82) is 0 Å². The molecule has 1 aromatic rings. The molecule has 0 saturated carbocycles. The van der Waals surface area contributed by atoms with Crippen LogP contribution < -0.4 is 11.3 Å². The van der Waals surface area contributed by atoms with E-state index < -0.39 is 0 Å². The number of methoxy groups -OCH3 is 1. The highest BCUT2D eigenvalue weighted by Gasteiger charge is 2.31. The topological polar surface area (TPSA) is 56.5 Å². The lowest BCUT2D eigenvalue weighted by atomic mass is 9.86. The van der Waals surface area contributed by atoms with Crippen molar-refractivity contribution in [3.8, 4) is 0 Å². The Labute approximate surface area is 108 Å². The molecule has 1 saturated heterocycles. The Hall–Kier alpha value is -0.940. The van der Waals surface area contributed by atoms with E-state index in [1.165, 1.54) is 0 Å². The molecule has 0 spiro atoms. The Morgan fingerprint density at radius 1 is 1.28 bits per heavy atom. The Morgan fingerprint density at radius 3 is 2.50 bits per heavy atom. The third-order valence-corrected chi connectivity index (χ3v) is 3.67. The van der Waals surface area contributed by atoms with Crippen LogP contribution in [0.5, 0.6) is 0 Å². The average Bonchev–Trinajstić information content (AvgIpc) is 2.46. The number of hydrogen-bond acceptors (Lipinski definition) is 4. The summed E-state index contributed by atoms with van der Waals surface area (Å²) in [6.45, 7) is 1.63. The average molecular weight is 250 g/mol. The largest absolute Gasteiger partial charge is 0.381 e. The number of nitrogens with two attached hydrogens (primary N) is 1. The Kier molecular flexibility index (Phi) is 5.13. The smallest absolute Gasteiger partial charge is 0.0990 e. The van der Waals surface area contributed by atoms with E-state index in [1.54, 1.807) is 7.11 Å². The van der Waals surface area contributed by atoms with Crippen molar-refractivity contribution >= 4 is 0 Å². The van der Waals surface area contributed by atoms with Gasteiger partial charge in [-0.15, -0.1) is 0 Å². The molecule has 0 bridgehead atoms. The second kappa shape index (κ2) is 6.85. The third-order valence-electron chi connectivity index (χ3n) is 3.67. The van der Waals surface area contributed by atoms with Gasteiger partial charge in [-0.25, -0.2) is 0 Å². The highest BCUT2D eigenvalue weighted by atomic mass is 16.5. The molecule has 0 amide bonds. The first-order valence-electron chi connectivity index (χ1n) is 6.48. The second-order valence-electron chi connectivity index (χ2n) is 4.71. The van der Waals surface area contributed by atoms with Gasteiger partial charge in [0, 0.05) is 20.3 Å². The molecule has 4 heteroatoms. The van der Waals surface area contributed by atoms with Gasteiger partial charge in [0.05, 0.1) is 12.1 Å². The molecule has 1 heterocycles. The fourth-order valence-corrected chi connectivity index (χ4v) is 2.68. The summed E-state index contributed by atoms with van der Waals surface area (Å²) in [5, 5.41) is 0. The summed E-state index contributed by atoms with van der Waals surface area (Å²) in [6, 6.07) is 10.4. The zero-order chi connectivity index (χ0) is 12.8. The SMILES string of the molecule is COC(c1ccccc1)C(NN)C1CCOCC1. The molecule has 18 heavy (non-hydrogen) atoms. The minimum absolute atomic E-state index is 0.0145. The van der Waals surface area contributed by atoms with Gasteiger partial charge in [0.25, 0.3) is 0 Å². The van der Waals surface area contributed by atoms with E-state index in [1.807, 2.05) is 18.2 Å². The number of nitrogens with one attached hydrogen (secondary N) is 1. The summed E-state index contributed by atoms with van der Waals surface area (Å²) in [4.78, 5) is 0. The summed E-state index contributed by atoms with van der Waals surface area (Å²) < 4.78 is 11.1. The van der Waals surface area contributed by atoms with Gasteiger partial charge in [-0.05, 0) is 24.3 Å². The van der Waals surface area contributed by atoms with Crippen molar-refractivity contribution in [2.75, 3.05) is 20.3 Å².